The lowest BCUT2D eigenvalue weighted by Crippen LogP contribution is -2.36. The monoisotopic (exact) mass is 476 g/mol. The summed E-state index contributed by atoms with van der Waals surface area (Å²) in [4.78, 5) is 38.2. The molecule has 0 bridgehead atoms. The number of amides is 3. The van der Waals surface area contributed by atoms with Crippen LogP contribution in [0.4, 0.5) is 14.9 Å². The van der Waals surface area contributed by atoms with Gasteiger partial charge >= 0.3 is 0 Å². The molecular formula is C22H18ClFN2O5S. The van der Waals surface area contributed by atoms with Gasteiger partial charge in [-0.15, -0.1) is 0 Å². The van der Waals surface area contributed by atoms with Crippen LogP contribution in [0, 0.1) is 5.82 Å². The largest absolute Gasteiger partial charge is 0.493 e. The Bertz CT molecular complexity index is 1120. The number of imide groups is 1. The van der Waals surface area contributed by atoms with E-state index in [0.29, 0.717) is 23.7 Å². The number of methoxy groups -OCH3 is 1. The zero-order valence-corrected chi connectivity index (χ0v) is 18.5. The van der Waals surface area contributed by atoms with Crippen LogP contribution in [-0.2, 0) is 9.59 Å². The molecular weight excluding hydrogens is 459 g/mol. The smallest absolute Gasteiger partial charge is 0.294 e. The number of rotatable bonds is 8. The van der Waals surface area contributed by atoms with Crippen LogP contribution in [0.2, 0.25) is 5.02 Å². The predicted molar refractivity (Wildman–Crippen MR) is 121 cm³/mol. The fourth-order valence-electron chi connectivity index (χ4n) is 2.75. The maximum atomic E-state index is 13.2. The number of ether oxygens (including phenoxy) is 2. The van der Waals surface area contributed by atoms with E-state index in [2.05, 4.69) is 11.9 Å². The summed E-state index contributed by atoms with van der Waals surface area (Å²) in [6.45, 7) is 3.40. The lowest BCUT2D eigenvalue weighted by Gasteiger charge is -2.12. The van der Waals surface area contributed by atoms with Crippen LogP contribution in [-0.4, -0.2) is 42.2 Å². The van der Waals surface area contributed by atoms with Gasteiger partial charge in [0.15, 0.2) is 11.5 Å². The Balaban J connectivity index is 1.71. The molecule has 1 aliphatic rings. The molecule has 1 saturated heterocycles. The van der Waals surface area contributed by atoms with Crippen LogP contribution < -0.4 is 14.8 Å². The number of anilines is 1. The summed E-state index contributed by atoms with van der Waals surface area (Å²) in [6.07, 6.45) is 3.13. The van der Waals surface area contributed by atoms with Crippen LogP contribution in [0.5, 0.6) is 11.5 Å². The number of hydrogen-bond donors (Lipinski definition) is 1. The molecule has 1 fully saturated rings. The Morgan fingerprint density at radius 2 is 2.03 bits per heavy atom. The summed E-state index contributed by atoms with van der Waals surface area (Å²) in [5.74, 6) is -0.884. The second-order valence-electron chi connectivity index (χ2n) is 6.45. The van der Waals surface area contributed by atoms with Crippen LogP contribution in [0.25, 0.3) is 6.08 Å². The Morgan fingerprint density at radius 3 is 2.72 bits per heavy atom. The molecule has 3 amide bonds. The first-order chi connectivity index (χ1) is 15.3. The summed E-state index contributed by atoms with van der Waals surface area (Å²) in [7, 11) is 1.49. The highest BCUT2D eigenvalue weighted by Crippen LogP contribution is 2.34. The van der Waals surface area contributed by atoms with Crippen molar-refractivity contribution in [3.05, 3.63) is 70.4 Å². The third kappa shape index (κ3) is 5.49. The van der Waals surface area contributed by atoms with Gasteiger partial charge in [0.25, 0.3) is 11.1 Å². The maximum absolute atomic E-state index is 13.2. The lowest BCUT2D eigenvalue weighted by molar-refractivity contribution is -0.127. The summed E-state index contributed by atoms with van der Waals surface area (Å²) in [5, 5.41) is 1.74. The second kappa shape index (κ2) is 10.3. The van der Waals surface area contributed by atoms with Crippen LogP contribution >= 0.6 is 23.4 Å². The predicted octanol–water partition coefficient (Wildman–Crippen LogP) is 4.73. The van der Waals surface area contributed by atoms with Crippen molar-refractivity contribution in [3.8, 4) is 11.5 Å². The molecule has 0 spiro atoms. The Kier molecular flexibility index (Phi) is 7.55. The normalized spacial score (nSPS) is 14.6. The molecule has 10 heteroatoms. The minimum absolute atomic E-state index is 0.159. The summed E-state index contributed by atoms with van der Waals surface area (Å²) >= 11 is 6.41. The van der Waals surface area contributed by atoms with Gasteiger partial charge in [0, 0.05) is 5.69 Å². The highest BCUT2D eigenvalue weighted by molar-refractivity contribution is 8.18. The molecule has 2 aromatic rings. The fourth-order valence-corrected chi connectivity index (χ4v) is 3.77. The van der Waals surface area contributed by atoms with Gasteiger partial charge in [-0.1, -0.05) is 30.3 Å². The van der Waals surface area contributed by atoms with E-state index in [1.165, 1.54) is 25.3 Å². The molecule has 0 aliphatic carbocycles. The average Bonchev–Trinajstić information content (AvgIpc) is 3.02. The molecule has 0 saturated carbocycles. The molecule has 2 aromatic carbocycles. The molecule has 1 aliphatic heterocycles. The van der Waals surface area contributed by atoms with Crippen molar-refractivity contribution in [1.29, 1.82) is 0 Å². The van der Waals surface area contributed by atoms with Crippen molar-refractivity contribution < 1.29 is 28.2 Å². The first-order valence-electron chi connectivity index (χ1n) is 9.24. The molecule has 32 heavy (non-hydrogen) atoms. The highest BCUT2D eigenvalue weighted by atomic mass is 35.5. The molecule has 1 heterocycles. The first-order valence-corrected chi connectivity index (χ1v) is 10.4. The van der Waals surface area contributed by atoms with Gasteiger partial charge in [-0.2, -0.15) is 0 Å². The topological polar surface area (TPSA) is 84.9 Å². The van der Waals surface area contributed by atoms with Crippen LogP contribution in [0.3, 0.4) is 0 Å². The van der Waals surface area contributed by atoms with E-state index in [1.54, 1.807) is 24.3 Å². The number of carbonyl (C=O) groups is 3. The van der Waals surface area contributed by atoms with Gasteiger partial charge in [-0.25, -0.2) is 4.39 Å². The molecule has 7 nitrogen and oxygen atoms in total. The van der Waals surface area contributed by atoms with Crippen LogP contribution in [0.15, 0.2) is 54.0 Å². The number of nitrogens with one attached hydrogen (secondary N) is 1. The van der Waals surface area contributed by atoms with E-state index >= 15 is 0 Å². The molecule has 0 atom stereocenters. The number of carbonyl (C=O) groups excluding carboxylic acids is 3. The third-order valence-corrected chi connectivity index (χ3v) is 5.42. The zero-order chi connectivity index (χ0) is 23.3. The molecule has 0 unspecified atom stereocenters. The van der Waals surface area contributed by atoms with Gasteiger partial charge in [-0.05, 0) is 53.7 Å². The third-order valence-electron chi connectivity index (χ3n) is 4.22. The van der Waals surface area contributed by atoms with E-state index in [4.69, 9.17) is 21.1 Å². The average molecular weight is 477 g/mol. The van der Waals surface area contributed by atoms with Crippen LogP contribution in [0.1, 0.15) is 5.56 Å². The number of hydrogen-bond acceptors (Lipinski definition) is 6. The fraction of sp³-hybridized carbons (Fsp3) is 0.136. The van der Waals surface area contributed by atoms with E-state index in [1.807, 2.05) is 0 Å². The van der Waals surface area contributed by atoms with E-state index in [9.17, 15) is 18.8 Å². The standard InChI is InChI=1S/C22H18ClFN2O5S/c1-3-8-31-17-7-4-13(9-18(17)30-2)10-19-21(28)26(22(29)32-19)12-20(27)25-14-5-6-16(24)15(23)11-14/h3-7,9-11H,1,8,12H2,2H3,(H,25,27)/b19-10+. The van der Waals surface area contributed by atoms with Gasteiger partial charge in [0.1, 0.15) is 19.0 Å². The SMILES string of the molecule is C=CCOc1ccc(/C=C2/SC(=O)N(CC(=O)Nc3ccc(F)c(Cl)c3)C2=O)cc1OC. The molecule has 0 radical (unpaired) electrons. The highest BCUT2D eigenvalue weighted by Gasteiger charge is 2.36. The van der Waals surface area contributed by atoms with Crippen molar-refractivity contribution in [2.24, 2.45) is 0 Å². The molecule has 1 N–H and O–H groups in total. The number of halogens is 2. The second-order valence-corrected chi connectivity index (χ2v) is 7.86. The summed E-state index contributed by atoms with van der Waals surface area (Å²) < 4.78 is 24.0. The Labute approximate surface area is 192 Å². The summed E-state index contributed by atoms with van der Waals surface area (Å²) in [6, 6.07) is 8.71. The van der Waals surface area contributed by atoms with Gasteiger partial charge in [0.2, 0.25) is 5.91 Å². The Hall–Kier alpha value is -3.30. The number of benzene rings is 2. The van der Waals surface area contributed by atoms with Crippen molar-refractivity contribution in [2.45, 2.75) is 0 Å². The van der Waals surface area contributed by atoms with Gasteiger partial charge in [-0.3, -0.25) is 19.3 Å². The summed E-state index contributed by atoms with van der Waals surface area (Å²) in [5.41, 5.74) is 0.860. The zero-order valence-electron chi connectivity index (χ0n) is 16.9. The van der Waals surface area contributed by atoms with E-state index < -0.39 is 29.4 Å². The minimum atomic E-state index is -0.627. The first kappa shape index (κ1) is 23.4. The molecule has 3 rings (SSSR count). The maximum Gasteiger partial charge on any atom is 0.294 e. The quantitative estimate of drug-likeness (QED) is 0.438. The van der Waals surface area contributed by atoms with Crippen molar-refractivity contribution in [3.63, 3.8) is 0 Å². The molecule has 166 valence electrons. The van der Waals surface area contributed by atoms with E-state index in [-0.39, 0.29) is 15.6 Å². The minimum Gasteiger partial charge on any atom is -0.493 e. The number of nitrogens with zero attached hydrogens (tertiary/aromatic N) is 1. The van der Waals surface area contributed by atoms with E-state index in [0.717, 1.165) is 22.7 Å². The number of thioether (sulfide) groups is 1. The van der Waals surface area contributed by atoms with Gasteiger partial charge in [0.05, 0.1) is 17.0 Å². The Morgan fingerprint density at radius 1 is 1.25 bits per heavy atom. The van der Waals surface area contributed by atoms with Gasteiger partial charge < -0.3 is 14.8 Å². The van der Waals surface area contributed by atoms with Crippen molar-refractivity contribution in [2.75, 3.05) is 25.6 Å². The van der Waals surface area contributed by atoms with Crippen molar-refractivity contribution in [1.82, 2.24) is 4.90 Å². The molecule has 0 aromatic heterocycles. The lowest BCUT2D eigenvalue weighted by atomic mass is 10.2. The van der Waals surface area contributed by atoms with Crippen molar-refractivity contribution >= 4 is 52.2 Å².